The number of nitrogens with zero attached hydrogens (tertiary/aromatic N) is 2. The summed E-state index contributed by atoms with van der Waals surface area (Å²) < 4.78 is 22.6. The molecule has 1 aliphatic carbocycles. The van der Waals surface area contributed by atoms with Gasteiger partial charge in [-0.3, -0.25) is 4.57 Å². The molecular weight excluding hydrogens is 313 g/mol. The van der Waals surface area contributed by atoms with Crippen molar-refractivity contribution in [2.24, 2.45) is 5.41 Å². The fourth-order valence-corrected chi connectivity index (χ4v) is 3.50. The monoisotopic (exact) mass is 341 g/mol. The van der Waals surface area contributed by atoms with Crippen LogP contribution in [0.2, 0.25) is 18.1 Å². The van der Waals surface area contributed by atoms with Crippen molar-refractivity contribution in [3.63, 3.8) is 0 Å². The lowest BCUT2D eigenvalue weighted by atomic mass is 10.1. The summed E-state index contributed by atoms with van der Waals surface area (Å²) in [5, 5.41) is 0.0923. The molecule has 1 aromatic heterocycles. The summed E-state index contributed by atoms with van der Waals surface area (Å²) in [5.41, 5.74) is 2.96. The Morgan fingerprint density at radius 2 is 2.09 bits per heavy atom. The van der Waals surface area contributed by atoms with E-state index in [1.54, 1.807) is 0 Å². The van der Waals surface area contributed by atoms with Gasteiger partial charge in [-0.25, -0.2) is 9.18 Å². The van der Waals surface area contributed by atoms with E-state index < -0.39 is 25.1 Å². The number of halogens is 1. The van der Waals surface area contributed by atoms with Crippen LogP contribution >= 0.6 is 0 Å². The summed E-state index contributed by atoms with van der Waals surface area (Å²) in [6.07, 6.45) is 1.89. The number of nitrogen functional groups attached to an aromatic ring is 1. The first-order valence-electron chi connectivity index (χ1n) is 7.96. The predicted molar refractivity (Wildman–Crippen MR) is 92.6 cm³/mol. The largest absolute Gasteiger partial charge is 0.416 e. The summed E-state index contributed by atoms with van der Waals surface area (Å²) in [6, 6.07) is 1.51. The van der Waals surface area contributed by atoms with Crippen LogP contribution in [0.4, 0.5) is 10.2 Å². The molecule has 0 bridgehead atoms. The third-order valence-electron chi connectivity index (χ3n) is 5.50. The lowest BCUT2D eigenvalue weighted by Crippen LogP contribution is -2.43. The lowest BCUT2D eigenvalue weighted by molar-refractivity contribution is 0.140. The number of nitrogens with two attached hydrogens (primary N) is 1. The zero-order valence-corrected chi connectivity index (χ0v) is 15.9. The van der Waals surface area contributed by atoms with Crippen molar-refractivity contribution >= 4 is 14.1 Å². The van der Waals surface area contributed by atoms with Crippen molar-refractivity contribution in [2.45, 2.75) is 64.5 Å². The highest BCUT2D eigenvalue weighted by atomic mass is 28.4. The van der Waals surface area contributed by atoms with Gasteiger partial charge in [0.2, 0.25) is 0 Å². The first kappa shape index (κ1) is 18.1. The molecule has 7 heteroatoms. The number of rotatable bonds is 5. The quantitative estimate of drug-likeness (QED) is 0.836. The van der Waals surface area contributed by atoms with Crippen LogP contribution < -0.4 is 11.4 Å². The molecule has 130 valence electrons. The standard InChI is InChI=1S/C16H28FN3O2Si/c1-14(2,3)23(5,6)22-11-15(4)9-16(15,17)10-20-8-7-12(18)19-13(20)21/h7-8H,9-11H2,1-6H3,(H2,18,19,21)/t15-,16-/m1/s1. The van der Waals surface area contributed by atoms with E-state index in [0.717, 1.165) is 0 Å². The average Bonchev–Trinajstić information content (AvgIpc) is 2.92. The smallest absolute Gasteiger partial charge is 0.349 e. The zero-order valence-electron chi connectivity index (χ0n) is 14.9. The highest BCUT2D eigenvalue weighted by molar-refractivity contribution is 6.74. The molecule has 1 fully saturated rings. The highest BCUT2D eigenvalue weighted by Crippen LogP contribution is 2.60. The Morgan fingerprint density at radius 3 is 2.61 bits per heavy atom. The molecule has 0 radical (unpaired) electrons. The van der Waals surface area contributed by atoms with Crippen LogP contribution in [-0.4, -0.2) is 30.1 Å². The van der Waals surface area contributed by atoms with Crippen LogP contribution in [0.15, 0.2) is 17.1 Å². The molecule has 0 aliphatic heterocycles. The number of aromatic nitrogens is 2. The topological polar surface area (TPSA) is 70.1 Å². The van der Waals surface area contributed by atoms with E-state index in [0.29, 0.717) is 13.0 Å². The second kappa shape index (κ2) is 5.41. The third-order valence-corrected chi connectivity index (χ3v) is 9.98. The molecule has 2 atom stereocenters. The van der Waals surface area contributed by atoms with E-state index in [-0.39, 0.29) is 17.4 Å². The number of alkyl halides is 1. The molecular formula is C16H28FN3O2Si. The Hall–Kier alpha value is -1.21. The van der Waals surface area contributed by atoms with Crippen molar-refractivity contribution in [1.82, 2.24) is 9.55 Å². The molecule has 1 heterocycles. The summed E-state index contributed by atoms with van der Waals surface area (Å²) in [6.45, 7) is 13.1. The van der Waals surface area contributed by atoms with Gasteiger partial charge >= 0.3 is 5.69 Å². The van der Waals surface area contributed by atoms with Crippen LogP contribution in [0, 0.1) is 5.41 Å². The zero-order chi connectivity index (χ0) is 17.7. The second-order valence-electron chi connectivity index (χ2n) is 8.51. The number of hydrogen-bond donors (Lipinski definition) is 1. The van der Waals surface area contributed by atoms with Gasteiger partial charge in [0.05, 0.1) is 6.54 Å². The van der Waals surface area contributed by atoms with Gasteiger partial charge in [-0.15, -0.1) is 0 Å². The molecule has 1 aliphatic rings. The molecule has 0 saturated heterocycles. The number of hydrogen-bond acceptors (Lipinski definition) is 4. The van der Waals surface area contributed by atoms with Gasteiger partial charge in [-0.05, 0) is 30.6 Å². The van der Waals surface area contributed by atoms with Gasteiger partial charge in [0.1, 0.15) is 11.5 Å². The van der Waals surface area contributed by atoms with Gasteiger partial charge < -0.3 is 10.2 Å². The Balaban J connectivity index is 2.05. The first-order valence-corrected chi connectivity index (χ1v) is 10.9. The predicted octanol–water partition coefficient (Wildman–Crippen LogP) is 2.97. The third kappa shape index (κ3) is 3.50. The molecule has 23 heavy (non-hydrogen) atoms. The molecule has 0 unspecified atom stereocenters. The first-order chi connectivity index (χ1) is 10.3. The minimum atomic E-state index is -1.91. The molecule has 2 rings (SSSR count). The van der Waals surface area contributed by atoms with Gasteiger partial charge in [0.15, 0.2) is 8.32 Å². The maximum atomic E-state index is 15.1. The number of anilines is 1. The van der Waals surface area contributed by atoms with Crippen molar-refractivity contribution in [3.8, 4) is 0 Å². The maximum absolute atomic E-state index is 15.1. The van der Waals surface area contributed by atoms with Crippen molar-refractivity contribution in [2.75, 3.05) is 12.3 Å². The normalized spacial score (nSPS) is 28.0. The van der Waals surface area contributed by atoms with Gasteiger partial charge in [0, 0.05) is 18.2 Å². The van der Waals surface area contributed by atoms with Crippen LogP contribution in [0.3, 0.4) is 0 Å². The second-order valence-corrected chi connectivity index (χ2v) is 13.3. The lowest BCUT2D eigenvalue weighted by Gasteiger charge is -2.37. The van der Waals surface area contributed by atoms with Gasteiger partial charge in [-0.2, -0.15) is 4.98 Å². The fraction of sp³-hybridized carbons (Fsp3) is 0.750. The Kier molecular flexibility index (Phi) is 4.26. The Labute approximate surface area is 138 Å². The fourth-order valence-electron chi connectivity index (χ4n) is 2.39. The Morgan fingerprint density at radius 1 is 1.48 bits per heavy atom. The summed E-state index contributed by atoms with van der Waals surface area (Å²) in [5.74, 6) is 0.152. The van der Waals surface area contributed by atoms with E-state index >= 15 is 4.39 Å². The van der Waals surface area contributed by atoms with Crippen LogP contribution in [-0.2, 0) is 11.0 Å². The van der Waals surface area contributed by atoms with Crippen LogP contribution in [0.5, 0.6) is 0 Å². The van der Waals surface area contributed by atoms with Crippen LogP contribution in [0.25, 0.3) is 0 Å². The molecule has 0 amide bonds. The highest BCUT2D eigenvalue weighted by Gasteiger charge is 2.66. The van der Waals surface area contributed by atoms with Crippen molar-refractivity contribution in [1.29, 1.82) is 0 Å². The van der Waals surface area contributed by atoms with E-state index in [2.05, 4.69) is 38.8 Å². The minimum Gasteiger partial charge on any atom is -0.416 e. The van der Waals surface area contributed by atoms with Crippen molar-refractivity contribution in [3.05, 3.63) is 22.7 Å². The van der Waals surface area contributed by atoms with Crippen LogP contribution in [0.1, 0.15) is 34.1 Å². The molecule has 1 aromatic rings. The van der Waals surface area contributed by atoms with Gasteiger partial charge in [-0.1, -0.05) is 27.7 Å². The molecule has 1 saturated carbocycles. The van der Waals surface area contributed by atoms with Crippen molar-refractivity contribution < 1.29 is 8.82 Å². The summed E-state index contributed by atoms with van der Waals surface area (Å²) in [7, 11) is -1.91. The van der Waals surface area contributed by atoms with E-state index in [1.165, 1.54) is 16.8 Å². The molecule has 5 nitrogen and oxygen atoms in total. The van der Waals surface area contributed by atoms with E-state index in [9.17, 15) is 4.79 Å². The maximum Gasteiger partial charge on any atom is 0.349 e. The average molecular weight is 342 g/mol. The summed E-state index contributed by atoms with van der Waals surface area (Å²) in [4.78, 5) is 15.4. The van der Waals surface area contributed by atoms with E-state index in [4.69, 9.17) is 10.2 Å². The Bertz CT molecular complexity index is 655. The van der Waals surface area contributed by atoms with E-state index in [1.807, 2.05) is 6.92 Å². The molecule has 0 aromatic carbocycles. The molecule has 0 spiro atoms. The minimum absolute atomic E-state index is 0.00350. The van der Waals surface area contributed by atoms with Gasteiger partial charge in [0.25, 0.3) is 0 Å². The molecule has 2 N–H and O–H groups in total. The summed E-state index contributed by atoms with van der Waals surface area (Å²) >= 11 is 0. The SMILES string of the molecule is CC(C)(C)[Si](C)(C)OC[C@@]1(C)C[C@@]1(F)Cn1ccc(N)nc1=O.